The number of carbonyl (C=O) groups excluding carboxylic acids is 1. The molecule has 0 aliphatic rings. The van der Waals surface area contributed by atoms with Crippen LogP contribution in [0.15, 0.2) is 83.3 Å². The summed E-state index contributed by atoms with van der Waals surface area (Å²) in [6.45, 7) is 4.10. The summed E-state index contributed by atoms with van der Waals surface area (Å²) in [5, 5.41) is 7.53. The van der Waals surface area contributed by atoms with Crippen LogP contribution in [0.1, 0.15) is 21.6 Å². The van der Waals surface area contributed by atoms with Crippen LogP contribution in [0.5, 0.6) is 0 Å². The molecule has 0 radical (unpaired) electrons. The van der Waals surface area contributed by atoms with Crippen LogP contribution in [0.25, 0.3) is 16.9 Å². The van der Waals surface area contributed by atoms with Crippen molar-refractivity contribution < 1.29 is 4.79 Å². The van der Waals surface area contributed by atoms with Gasteiger partial charge in [-0.25, -0.2) is 4.68 Å². The first kappa shape index (κ1) is 19.2. The van der Waals surface area contributed by atoms with E-state index in [4.69, 9.17) is 0 Å². The standard InChI is InChI=1S/C24H20BrN3O/c1-16-3-7-18(8-4-16)23-15-22(24(29)26-20-11-9-19(25)10-12-20)27-28(23)21-13-5-17(2)6-14-21/h3-15H,1-2H3,(H,26,29). The third-order valence-electron chi connectivity index (χ3n) is 4.67. The van der Waals surface area contributed by atoms with E-state index in [1.54, 1.807) is 0 Å². The summed E-state index contributed by atoms with van der Waals surface area (Å²) in [4.78, 5) is 12.8. The highest BCUT2D eigenvalue weighted by molar-refractivity contribution is 9.10. The minimum atomic E-state index is -0.244. The second-order valence-corrected chi connectivity index (χ2v) is 7.90. The average molecular weight is 446 g/mol. The van der Waals surface area contributed by atoms with Crippen molar-refractivity contribution in [1.29, 1.82) is 0 Å². The van der Waals surface area contributed by atoms with Crippen LogP contribution in [0.4, 0.5) is 5.69 Å². The van der Waals surface area contributed by atoms with Gasteiger partial charge in [0, 0.05) is 15.7 Å². The summed E-state index contributed by atoms with van der Waals surface area (Å²) >= 11 is 3.40. The van der Waals surface area contributed by atoms with Crippen LogP contribution in [0.3, 0.4) is 0 Å². The summed E-state index contributed by atoms with van der Waals surface area (Å²) in [6.07, 6.45) is 0. The Bertz CT molecular complexity index is 1080. The van der Waals surface area contributed by atoms with Crippen molar-refractivity contribution in [3.63, 3.8) is 0 Å². The molecule has 144 valence electrons. The van der Waals surface area contributed by atoms with E-state index >= 15 is 0 Å². The molecule has 0 aliphatic carbocycles. The maximum atomic E-state index is 12.8. The van der Waals surface area contributed by atoms with E-state index in [2.05, 4.69) is 45.4 Å². The summed E-state index contributed by atoms with van der Waals surface area (Å²) in [5.74, 6) is -0.244. The predicted molar refractivity (Wildman–Crippen MR) is 121 cm³/mol. The lowest BCUT2D eigenvalue weighted by molar-refractivity contribution is 0.102. The van der Waals surface area contributed by atoms with Crippen LogP contribution in [-0.4, -0.2) is 15.7 Å². The lowest BCUT2D eigenvalue weighted by Crippen LogP contribution is -2.13. The van der Waals surface area contributed by atoms with Crippen molar-refractivity contribution in [2.75, 3.05) is 5.32 Å². The van der Waals surface area contributed by atoms with Gasteiger partial charge in [0.2, 0.25) is 0 Å². The van der Waals surface area contributed by atoms with Crippen LogP contribution < -0.4 is 5.32 Å². The number of hydrogen-bond donors (Lipinski definition) is 1. The lowest BCUT2D eigenvalue weighted by atomic mass is 10.1. The highest BCUT2D eigenvalue weighted by Gasteiger charge is 2.17. The largest absolute Gasteiger partial charge is 0.321 e. The van der Waals surface area contributed by atoms with E-state index < -0.39 is 0 Å². The molecule has 1 heterocycles. The highest BCUT2D eigenvalue weighted by Crippen LogP contribution is 2.25. The van der Waals surface area contributed by atoms with Gasteiger partial charge in [0.1, 0.15) is 0 Å². The Balaban J connectivity index is 1.74. The molecule has 1 N–H and O–H groups in total. The lowest BCUT2D eigenvalue weighted by Gasteiger charge is -2.08. The molecular weight excluding hydrogens is 426 g/mol. The zero-order chi connectivity index (χ0) is 20.4. The molecule has 0 fully saturated rings. The Morgan fingerprint density at radius 3 is 2.07 bits per heavy atom. The fraction of sp³-hybridized carbons (Fsp3) is 0.0833. The van der Waals surface area contributed by atoms with Crippen molar-refractivity contribution in [1.82, 2.24) is 9.78 Å². The smallest absolute Gasteiger partial charge is 0.276 e. The molecule has 4 aromatic rings. The molecule has 4 nitrogen and oxygen atoms in total. The molecule has 29 heavy (non-hydrogen) atoms. The molecule has 4 rings (SSSR count). The normalized spacial score (nSPS) is 10.7. The third-order valence-corrected chi connectivity index (χ3v) is 5.20. The maximum absolute atomic E-state index is 12.8. The number of aromatic nitrogens is 2. The molecule has 0 atom stereocenters. The first-order valence-electron chi connectivity index (χ1n) is 9.31. The van der Waals surface area contributed by atoms with Crippen molar-refractivity contribution in [3.8, 4) is 16.9 Å². The third kappa shape index (κ3) is 4.30. The number of carbonyl (C=O) groups is 1. The second kappa shape index (κ2) is 8.05. The number of nitrogens with zero attached hydrogens (tertiary/aromatic N) is 2. The van der Waals surface area contributed by atoms with E-state index in [1.807, 2.05) is 78.3 Å². The topological polar surface area (TPSA) is 46.9 Å². The second-order valence-electron chi connectivity index (χ2n) is 6.99. The number of rotatable bonds is 4. The molecule has 5 heteroatoms. The number of hydrogen-bond acceptors (Lipinski definition) is 2. The van der Waals surface area contributed by atoms with Gasteiger partial charge in [-0.1, -0.05) is 63.5 Å². The molecule has 0 saturated heterocycles. The monoisotopic (exact) mass is 445 g/mol. The van der Waals surface area contributed by atoms with Gasteiger partial charge < -0.3 is 5.32 Å². The average Bonchev–Trinajstić information content (AvgIpc) is 3.16. The van der Waals surface area contributed by atoms with Crippen molar-refractivity contribution in [2.45, 2.75) is 13.8 Å². The molecular formula is C24H20BrN3O. The maximum Gasteiger partial charge on any atom is 0.276 e. The predicted octanol–water partition coefficient (Wildman–Crippen LogP) is 6.17. The Labute approximate surface area is 178 Å². The van der Waals surface area contributed by atoms with E-state index in [1.165, 1.54) is 11.1 Å². The van der Waals surface area contributed by atoms with E-state index in [9.17, 15) is 4.79 Å². The Hall–Kier alpha value is -3.18. The first-order valence-corrected chi connectivity index (χ1v) is 10.1. The quantitative estimate of drug-likeness (QED) is 0.408. The van der Waals surface area contributed by atoms with Crippen LogP contribution in [0.2, 0.25) is 0 Å². The zero-order valence-electron chi connectivity index (χ0n) is 16.2. The van der Waals surface area contributed by atoms with Gasteiger partial charge >= 0.3 is 0 Å². The SMILES string of the molecule is Cc1ccc(-c2cc(C(=O)Nc3ccc(Br)cc3)nn2-c2ccc(C)cc2)cc1. The number of halogens is 1. The van der Waals surface area contributed by atoms with Gasteiger partial charge in [0.25, 0.3) is 5.91 Å². The van der Waals surface area contributed by atoms with Gasteiger partial charge in [-0.15, -0.1) is 0 Å². The van der Waals surface area contributed by atoms with E-state index in [0.29, 0.717) is 5.69 Å². The van der Waals surface area contributed by atoms with Gasteiger partial charge in [-0.3, -0.25) is 4.79 Å². The van der Waals surface area contributed by atoms with Gasteiger partial charge in [0.05, 0.1) is 11.4 Å². The number of benzene rings is 3. The van der Waals surface area contributed by atoms with Crippen molar-refractivity contribution >= 4 is 27.5 Å². The zero-order valence-corrected chi connectivity index (χ0v) is 17.8. The highest BCUT2D eigenvalue weighted by atomic mass is 79.9. The first-order chi connectivity index (χ1) is 14.0. The van der Waals surface area contributed by atoms with Crippen LogP contribution in [0, 0.1) is 13.8 Å². The molecule has 0 unspecified atom stereocenters. The Kier molecular flexibility index (Phi) is 5.32. The Morgan fingerprint density at radius 1 is 0.862 bits per heavy atom. The summed E-state index contributed by atoms with van der Waals surface area (Å²) < 4.78 is 2.78. The fourth-order valence-corrected chi connectivity index (χ4v) is 3.30. The number of anilines is 1. The van der Waals surface area contributed by atoms with E-state index in [-0.39, 0.29) is 5.91 Å². The minimum Gasteiger partial charge on any atom is -0.321 e. The number of nitrogens with one attached hydrogen (secondary N) is 1. The summed E-state index contributed by atoms with van der Waals surface area (Å²) in [6, 6.07) is 25.6. The molecule has 3 aromatic carbocycles. The van der Waals surface area contributed by atoms with E-state index in [0.717, 1.165) is 27.1 Å². The molecule has 0 bridgehead atoms. The molecule has 0 spiro atoms. The Morgan fingerprint density at radius 2 is 1.45 bits per heavy atom. The van der Waals surface area contributed by atoms with Crippen LogP contribution >= 0.6 is 15.9 Å². The van der Waals surface area contributed by atoms with Gasteiger partial charge in [-0.2, -0.15) is 5.10 Å². The van der Waals surface area contributed by atoms with Crippen molar-refractivity contribution in [2.24, 2.45) is 0 Å². The molecule has 0 saturated carbocycles. The molecule has 1 aromatic heterocycles. The molecule has 0 aliphatic heterocycles. The number of amides is 1. The van der Waals surface area contributed by atoms with Gasteiger partial charge in [-0.05, 0) is 56.3 Å². The summed E-state index contributed by atoms with van der Waals surface area (Å²) in [7, 11) is 0. The molecule has 1 amide bonds. The minimum absolute atomic E-state index is 0.244. The summed E-state index contributed by atoms with van der Waals surface area (Å²) in [5.41, 5.74) is 6.23. The van der Waals surface area contributed by atoms with Crippen LogP contribution in [-0.2, 0) is 0 Å². The number of aryl methyl sites for hydroxylation is 2. The van der Waals surface area contributed by atoms with Gasteiger partial charge in [0.15, 0.2) is 5.69 Å². The fourth-order valence-electron chi connectivity index (χ4n) is 3.03. The van der Waals surface area contributed by atoms with Crippen molar-refractivity contribution in [3.05, 3.63) is 100 Å².